The smallest absolute Gasteiger partial charge is 0.309 e. The summed E-state index contributed by atoms with van der Waals surface area (Å²) in [7, 11) is 0. The molecule has 5 nitrogen and oxygen atoms in total. The second-order valence-electron chi connectivity index (χ2n) is 15.7. The van der Waals surface area contributed by atoms with E-state index in [0.717, 1.165) is 64.8 Å². The van der Waals surface area contributed by atoms with Gasteiger partial charge >= 0.3 is 5.97 Å². The van der Waals surface area contributed by atoms with Crippen molar-refractivity contribution in [1.82, 2.24) is 9.80 Å². The van der Waals surface area contributed by atoms with E-state index >= 15 is 0 Å². The van der Waals surface area contributed by atoms with Crippen LogP contribution in [0.5, 0.6) is 0 Å². The van der Waals surface area contributed by atoms with Crippen LogP contribution < -0.4 is 0 Å². The van der Waals surface area contributed by atoms with Gasteiger partial charge in [-0.3, -0.25) is 4.79 Å². The molecule has 0 radical (unpaired) electrons. The first-order valence-electron chi connectivity index (χ1n) is 23.6. The standard InChI is InChI=1S/C48H94N2O3/c1-6-11-14-17-20-21-22-23-24-25-26-27-28-29-32-35-40-50(42-36-41-49(9-4)10-5)43-37-44-52-45-46-53-48(51)47(38-33-30-18-15-12-7-2)39-34-31-19-16-13-8-3/h20-21,23-24,47H,6-19,22,25-46H2,1-5H3/b21-20-,24-23-. The van der Waals surface area contributed by atoms with E-state index in [9.17, 15) is 4.79 Å². The summed E-state index contributed by atoms with van der Waals surface area (Å²) in [5, 5.41) is 0. The fourth-order valence-electron chi connectivity index (χ4n) is 7.25. The Balaban J connectivity index is 4.34. The molecule has 0 aliphatic rings. The Kier molecular flexibility index (Phi) is 42.6. The molecule has 0 bridgehead atoms. The predicted octanol–water partition coefficient (Wildman–Crippen LogP) is 13.9. The third kappa shape index (κ3) is 37.5. The zero-order valence-electron chi connectivity index (χ0n) is 36.7. The van der Waals surface area contributed by atoms with Crippen LogP contribution in [0.25, 0.3) is 0 Å². The molecule has 314 valence electrons. The lowest BCUT2D eigenvalue weighted by molar-refractivity contribution is -0.150. The minimum absolute atomic E-state index is 0.0170. The molecule has 0 aliphatic heterocycles. The van der Waals surface area contributed by atoms with Crippen LogP contribution >= 0.6 is 0 Å². The number of hydrogen-bond donors (Lipinski definition) is 0. The van der Waals surface area contributed by atoms with Gasteiger partial charge in [0.05, 0.1) is 12.5 Å². The van der Waals surface area contributed by atoms with Crippen molar-refractivity contribution in [3.63, 3.8) is 0 Å². The van der Waals surface area contributed by atoms with Crippen molar-refractivity contribution in [2.45, 2.75) is 214 Å². The zero-order valence-corrected chi connectivity index (χ0v) is 36.7. The summed E-state index contributed by atoms with van der Waals surface area (Å²) in [6.45, 7) is 19.9. The van der Waals surface area contributed by atoms with Crippen LogP contribution in [0.4, 0.5) is 0 Å². The maximum Gasteiger partial charge on any atom is 0.309 e. The van der Waals surface area contributed by atoms with Crippen LogP contribution in [0.1, 0.15) is 214 Å². The van der Waals surface area contributed by atoms with Crippen LogP contribution in [0.2, 0.25) is 0 Å². The predicted molar refractivity (Wildman–Crippen MR) is 234 cm³/mol. The number of esters is 1. The first-order chi connectivity index (χ1) is 26.1. The monoisotopic (exact) mass is 747 g/mol. The molecule has 0 aromatic rings. The van der Waals surface area contributed by atoms with Crippen molar-refractivity contribution in [2.24, 2.45) is 5.92 Å². The summed E-state index contributed by atoms with van der Waals surface area (Å²) in [5.41, 5.74) is 0. The largest absolute Gasteiger partial charge is 0.463 e. The van der Waals surface area contributed by atoms with E-state index in [4.69, 9.17) is 9.47 Å². The molecular formula is C48H94N2O3. The average Bonchev–Trinajstić information content (AvgIpc) is 3.17. The van der Waals surface area contributed by atoms with E-state index in [1.54, 1.807) is 0 Å². The van der Waals surface area contributed by atoms with E-state index in [-0.39, 0.29) is 11.9 Å². The number of unbranched alkanes of at least 4 members (excludes halogenated alkanes) is 19. The second-order valence-corrected chi connectivity index (χ2v) is 15.7. The molecule has 0 aromatic heterocycles. The summed E-state index contributed by atoms with van der Waals surface area (Å²) in [6.07, 6.45) is 44.5. The van der Waals surface area contributed by atoms with Gasteiger partial charge in [0.15, 0.2) is 0 Å². The SMILES string of the molecule is CCCCC/C=C\C/C=C\CCCCCCCCN(CCCOCCOC(=O)C(CCCCCCCC)CCCCCCCC)CCCN(CC)CC. The summed E-state index contributed by atoms with van der Waals surface area (Å²) in [5.74, 6) is 0.0835. The number of rotatable bonds is 43. The van der Waals surface area contributed by atoms with Crippen molar-refractivity contribution in [2.75, 3.05) is 59.1 Å². The molecule has 0 fully saturated rings. The second kappa shape index (κ2) is 43.6. The summed E-state index contributed by atoms with van der Waals surface area (Å²) >= 11 is 0. The number of allylic oxidation sites excluding steroid dienone is 4. The maximum atomic E-state index is 13.0. The van der Waals surface area contributed by atoms with Gasteiger partial charge in [0, 0.05) is 13.2 Å². The topological polar surface area (TPSA) is 42.0 Å². The third-order valence-corrected chi connectivity index (χ3v) is 10.9. The fraction of sp³-hybridized carbons (Fsp3) is 0.896. The number of ether oxygens (including phenoxy) is 2. The highest BCUT2D eigenvalue weighted by atomic mass is 16.6. The molecule has 0 unspecified atom stereocenters. The molecular weight excluding hydrogens is 653 g/mol. The number of carbonyl (C=O) groups is 1. The highest BCUT2D eigenvalue weighted by Gasteiger charge is 2.19. The first kappa shape index (κ1) is 51.8. The van der Waals surface area contributed by atoms with Crippen LogP contribution in [-0.4, -0.2) is 74.9 Å². The lowest BCUT2D eigenvalue weighted by Gasteiger charge is -2.24. The highest BCUT2D eigenvalue weighted by Crippen LogP contribution is 2.21. The molecule has 0 saturated heterocycles. The molecule has 0 saturated carbocycles. The molecule has 0 aromatic carbocycles. The number of hydrogen-bond acceptors (Lipinski definition) is 5. The van der Waals surface area contributed by atoms with Crippen LogP contribution in [0.15, 0.2) is 24.3 Å². The Morgan fingerprint density at radius 2 is 0.906 bits per heavy atom. The Labute approximate surface area is 332 Å². The van der Waals surface area contributed by atoms with Gasteiger partial charge in [0.1, 0.15) is 6.61 Å². The van der Waals surface area contributed by atoms with Crippen molar-refractivity contribution < 1.29 is 14.3 Å². The third-order valence-electron chi connectivity index (χ3n) is 10.9. The maximum absolute atomic E-state index is 13.0. The van der Waals surface area contributed by atoms with Gasteiger partial charge in [-0.05, 0) is 96.9 Å². The van der Waals surface area contributed by atoms with Crippen molar-refractivity contribution in [1.29, 1.82) is 0 Å². The van der Waals surface area contributed by atoms with Crippen LogP contribution in [-0.2, 0) is 14.3 Å². The molecule has 0 rings (SSSR count). The molecule has 0 atom stereocenters. The number of carbonyl (C=O) groups excluding carboxylic acids is 1. The van der Waals surface area contributed by atoms with E-state index in [1.807, 2.05) is 0 Å². The Hall–Kier alpha value is -1.17. The van der Waals surface area contributed by atoms with Crippen molar-refractivity contribution in [3.05, 3.63) is 24.3 Å². The Bertz CT molecular complexity index is 765. The molecule has 53 heavy (non-hydrogen) atoms. The van der Waals surface area contributed by atoms with Crippen molar-refractivity contribution in [3.8, 4) is 0 Å². The van der Waals surface area contributed by atoms with Crippen molar-refractivity contribution >= 4 is 5.97 Å². The minimum Gasteiger partial charge on any atom is -0.463 e. The van der Waals surface area contributed by atoms with Gasteiger partial charge < -0.3 is 19.3 Å². The zero-order chi connectivity index (χ0) is 38.7. The van der Waals surface area contributed by atoms with Gasteiger partial charge in [-0.2, -0.15) is 0 Å². The van der Waals surface area contributed by atoms with Gasteiger partial charge in [0.25, 0.3) is 0 Å². The van der Waals surface area contributed by atoms with Gasteiger partial charge in [-0.15, -0.1) is 0 Å². The summed E-state index contributed by atoms with van der Waals surface area (Å²) in [6, 6.07) is 0. The first-order valence-corrected chi connectivity index (χ1v) is 23.6. The summed E-state index contributed by atoms with van der Waals surface area (Å²) < 4.78 is 11.8. The molecule has 0 amide bonds. The molecule has 0 aliphatic carbocycles. The normalized spacial score (nSPS) is 12.2. The van der Waals surface area contributed by atoms with E-state index in [1.165, 1.54) is 161 Å². The lowest BCUT2D eigenvalue weighted by atomic mass is 9.94. The quantitative estimate of drug-likeness (QED) is 0.0353. The van der Waals surface area contributed by atoms with Gasteiger partial charge in [-0.25, -0.2) is 0 Å². The molecule has 5 heteroatoms. The van der Waals surface area contributed by atoms with E-state index in [0.29, 0.717) is 13.2 Å². The number of nitrogens with zero attached hydrogens (tertiary/aromatic N) is 2. The summed E-state index contributed by atoms with van der Waals surface area (Å²) in [4.78, 5) is 18.2. The lowest BCUT2D eigenvalue weighted by Crippen LogP contribution is -2.32. The highest BCUT2D eigenvalue weighted by molar-refractivity contribution is 5.72. The van der Waals surface area contributed by atoms with E-state index < -0.39 is 0 Å². The Morgan fingerprint density at radius 3 is 1.49 bits per heavy atom. The Morgan fingerprint density at radius 1 is 0.453 bits per heavy atom. The van der Waals surface area contributed by atoms with Crippen LogP contribution in [0.3, 0.4) is 0 Å². The average molecular weight is 747 g/mol. The molecule has 0 spiro atoms. The fourth-order valence-corrected chi connectivity index (χ4v) is 7.25. The van der Waals surface area contributed by atoms with Gasteiger partial charge in [-0.1, -0.05) is 174 Å². The van der Waals surface area contributed by atoms with E-state index in [2.05, 4.69) is 68.7 Å². The minimum atomic E-state index is 0.0170. The van der Waals surface area contributed by atoms with Gasteiger partial charge in [0.2, 0.25) is 0 Å². The van der Waals surface area contributed by atoms with Crippen LogP contribution in [0, 0.1) is 5.92 Å². The molecule has 0 heterocycles. The molecule has 0 N–H and O–H groups in total.